The van der Waals surface area contributed by atoms with E-state index in [1.165, 1.54) is 10.9 Å². The van der Waals surface area contributed by atoms with Crippen molar-refractivity contribution in [3.05, 3.63) is 61.8 Å². The summed E-state index contributed by atoms with van der Waals surface area (Å²) >= 11 is 1.58. The minimum Gasteiger partial charge on any atom is -0.258 e. The second-order valence-electron chi connectivity index (χ2n) is 3.43. The number of benzene rings is 1. The summed E-state index contributed by atoms with van der Waals surface area (Å²) < 4.78 is 0. The van der Waals surface area contributed by atoms with E-state index in [-0.39, 0.29) is 5.69 Å². The average molecular weight is 243 g/mol. The first kappa shape index (κ1) is 11.4. The highest BCUT2D eigenvalue weighted by Gasteiger charge is 2.09. The Morgan fingerprint density at radius 3 is 2.59 bits per heavy atom. The summed E-state index contributed by atoms with van der Waals surface area (Å²) in [6.45, 7) is 2.00. The zero-order valence-corrected chi connectivity index (χ0v) is 9.95. The molecule has 0 unspecified atom stereocenters. The van der Waals surface area contributed by atoms with Crippen LogP contribution in [0.3, 0.4) is 0 Å². The summed E-state index contributed by atoms with van der Waals surface area (Å²) in [5.41, 5.74) is 0.497. The fourth-order valence-electron chi connectivity index (χ4n) is 1.37. The first-order valence-corrected chi connectivity index (χ1v) is 5.80. The molecule has 2 aromatic rings. The molecule has 84 valence electrons. The third-order valence-corrected chi connectivity index (χ3v) is 3.08. The second kappa shape index (κ2) is 4.81. The monoisotopic (exact) mass is 243 g/mol. The van der Waals surface area contributed by atoms with E-state index in [0.717, 1.165) is 4.88 Å². The number of thiophene rings is 1. The molecule has 0 fully saturated rings. The van der Waals surface area contributed by atoms with Gasteiger partial charge in [0.15, 0.2) is 0 Å². The van der Waals surface area contributed by atoms with Gasteiger partial charge in [0, 0.05) is 10.9 Å². The molecule has 0 bridgehead atoms. The van der Waals surface area contributed by atoms with E-state index in [2.05, 4.69) is 11.8 Å². The van der Waals surface area contributed by atoms with Crippen molar-refractivity contribution in [3.63, 3.8) is 0 Å². The molecule has 0 saturated heterocycles. The Balaban J connectivity index is 2.37. The Labute approximate surface area is 103 Å². The van der Waals surface area contributed by atoms with Crippen molar-refractivity contribution in [2.75, 3.05) is 0 Å². The van der Waals surface area contributed by atoms with Crippen LogP contribution in [0.5, 0.6) is 0 Å². The Kier molecular flexibility index (Phi) is 3.22. The zero-order chi connectivity index (χ0) is 12.3. The van der Waals surface area contributed by atoms with E-state index in [0.29, 0.717) is 5.56 Å². The van der Waals surface area contributed by atoms with Gasteiger partial charge in [0.2, 0.25) is 0 Å². The quantitative estimate of drug-likeness (QED) is 0.438. The van der Waals surface area contributed by atoms with Crippen molar-refractivity contribution in [3.8, 4) is 11.8 Å². The molecular formula is C13H9NO2S. The van der Waals surface area contributed by atoms with Crippen LogP contribution in [0, 0.1) is 28.9 Å². The van der Waals surface area contributed by atoms with Gasteiger partial charge in [-0.3, -0.25) is 10.1 Å². The lowest BCUT2D eigenvalue weighted by atomic mass is 10.2. The number of nitro groups is 1. The lowest BCUT2D eigenvalue weighted by Gasteiger charge is -1.93. The van der Waals surface area contributed by atoms with Gasteiger partial charge in [-0.2, -0.15) is 0 Å². The zero-order valence-electron chi connectivity index (χ0n) is 9.14. The lowest BCUT2D eigenvalue weighted by Crippen LogP contribution is -1.90. The molecule has 1 aromatic heterocycles. The first-order chi connectivity index (χ1) is 8.16. The number of nitrogens with zero attached hydrogens (tertiary/aromatic N) is 1. The van der Waals surface area contributed by atoms with E-state index in [9.17, 15) is 10.1 Å². The van der Waals surface area contributed by atoms with Gasteiger partial charge in [-0.05, 0) is 25.1 Å². The van der Waals surface area contributed by atoms with Crippen LogP contribution in [-0.2, 0) is 0 Å². The molecule has 0 aliphatic carbocycles. The standard InChI is InChI=1S/C13H9NO2S/c1-10-6-8-12(17-10)9-7-11-4-2-3-5-13(11)14(15)16/h2-6,8H,1H3. The maximum absolute atomic E-state index is 10.8. The number of aryl methyl sites for hydroxylation is 1. The topological polar surface area (TPSA) is 43.1 Å². The SMILES string of the molecule is Cc1ccc(C#Cc2ccccc2[N+](=O)[O-])s1. The molecule has 0 radical (unpaired) electrons. The minimum absolute atomic E-state index is 0.0493. The van der Waals surface area contributed by atoms with Gasteiger partial charge in [0.1, 0.15) is 5.56 Å². The van der Waals surface area contributed by atoms with Gasteiger partial charge in [0.05, 0.1) is 9.80 Å². The third-order valence-electron chi connectivity index (χ3n) is 2.16. The third kappa shape index (κ3) is 2.71. The summed E-state index contributed by atoms with van der Waals surface area (Å²) in [5, 5.41) is 10.8. The number of rotatable bonds is 1. The number of hydrogen-bond donors (Lipinski definition) is 0. The van der Waals surface area contributed by atoms with Gasteiger partial charge >= 0.3 is 0 Å². The summed E-state index contributed by atoms with van der Waals surface area (Å²) in [5.74, 6) is 5.78. The largest absolute Gasteiger partial charge is 0.284 e. The highest BCUT2D eigenvalue weighted by Crippen LogP contribution is 2.17. The van der Waals surface area contributed by atoms with E-state index in [4.69, 9.17) is 0 Å². The number of hydrogen-bond acceptors (Lipinski definition) is 3. The van der Waals surface area contributed by atoms with Gasteiger partial charge in [-0.15, -0.1) is 11.3 Å². The van der Waals surface area contributed by atoms with Crippen LogP contribution in [0.2, 0.25) is 0 Å². The molecule has 0 atom stereocenters. The summed E-state index contributed by atoms with van der Waals surface area (Å²) in [7, 11) is 0. The highest BCUT2D eigenvalue weighted by atomic mass is 32.1. The predicted molar refractivity (Wildman–Crippen MR) is 68.1 cm³/mol. The van der Waals surface area contributed by atoms with Crippen LogP contribution in [0.1, 0.15) is 15.3 Å². The molecule has 0 aliphatic heterocycles. The van der Waals surface area contributed by atoms with E-state index < -0.39 is 4.92 Å². The minimum atomic E-state index is -0.413. The molecular weight excluding hydrogens is 234 g/mol. The number of para-hydroxylation sites is 1. The van der Waals surface area contributed by atoms with Crippen molar-refractivity contribution in [1.29, 1.82) is 0 Å². The summed E-state index contributed by atoms with van der Waals surface area (Å²) in [4.78, 5) is 12.5. The lowest BCUT2D eigenvalue weighted by molar-refractivity contribution is -0.385. The number of nitro benzene ring substituents is 1. The first-order valence-electron chi connectivity index (χ1n) is 4.99. The fourth-order valence-corrected chi connectivity index (χ4v) is 2.09. The van der Waals surface area contributed by atoms with Crippen molar-refractivity contribution >= 4 is 17.0 Å². The molecule has 0 spiro atoms. The van der Waals surface area contributed by atoms with Crippen LogP contribution >= 0.6 is 11.3 Å². The van der Waals surface area contributed by atoms with E-state index >= 15 is 0 Å². The van der Waals surface area contributed by atoms with Gasteiger partial charge in [-0.1, -0.05) is 24.0 Å². The van der Waals surface area contributed by atoms with Crippen molar-refractivity contribution < 1.29 is 4.92 Å². The molecule has 3 nitrogen and oxygen atoms in total. The molecule has 0 amide bonds. The maximum Gasteiger partial charge on any atom is 0.284 e. The Morgan fingerprint density at radius 2 is 1.94 bits per heavy atom. The van der Waals surface area contributed by atoms with E-state index in [1.807, 2.05) is 19.1 Å². The second-order valence-corrected chi connectivity index (χ2v) is 4.72. The Hall–Kier alpha value is -2.12. The average Bonchev–Trinajstić information content (AvgIpc) is 2.73. The van der Waals surface area contributed by atoms with Crippen molar-refractivity contribution in [2.45, 2.75) is 6.92 Å². The molecule has 2 rings (SSSR count). The Morgan fingerprint density at radius 1 is 1.18 bits per heavy atom. The van der Waals surface area contributed by atoms with E-state index in [1.54, 1.807) is 29.5 Å². The molecule has 1 aromatic carbocycles. The highest BCUT2D eigenvalue weighted by molar-refractivity contribution is 7.12. The predicted octanol–water partition coefficient (Wildman–Crippen LogP) is 3.36. The van der Waals surface area contributed by atoms with Gasteiger partial charge < -0.3 is 0 Å². The molecule has 0 N–H and O–H groups in total. The van der Waals surface area contributed by atoms with Crippen molar-refractivity contribution in [1.82, 2.24) is 0 Å². The van der Waals surface area contributed by atoms with Gasteiger partial charge in [-0.25, -0.2) is 0 Å². The van der Waals surface area contributed by atoms with Crippen LogP contribution < -0.4 is 0 Å². The van der Waals surface area contributed by atoms with Gasteiger partial charge in [0.25, 0.3) is 5.69 Å². The molecule has 1 heterocycles. The summed E-state index contributed by atoms with van der Waals surface area (Å²) in [6, 6.07) is 10.4. The van der Waals surface area contributed by atoms with Crippen LogP contribution in [-0.4, -0.2) is 4.92 Å². The normalized spacial score (nSPS) is 9.47. The molecule has 0 aliphatic rings. The Bertz CT molecular complexity index is 620. The molecule has 0 saturated carbocycles. The van der Waals surface area contributed by atoms with Crippen LogP contribution in [0.15, 0.2) is 36.4 Å². The smallest absolute Gasteiger partial charge is 0.258 e. The van der Waals surface area contributed by atoms with Crippen molar-refractivity contribution in [2.24, 2.45) is 0 Å². The van der Waals surface area contributed by atoms with Crippen LogP contribution in [0.25, 0.3) is 0 Å². The molecule has 17 heavy (non-hydrogen) atoms. The molecule has 4 heteroatoms. The van der Waals surface area contributed by atoms with Crippen LogP contribution in [0.4, 0.5) is 5.69 Å². The summed E-state index contributed by atoms with van der Waals surface area (Å²) in [6.07, 6.45) is 0. The fraction of sp³-hybridized carbons (Fsp3) is 0.0769. The maximum atomic E-state index is 10.8.